The summed E-state index contributed by atoms with van der Waals surface area (Å²) < 4.78 is 5.89. The number of nitrogens with zero attached hydrogens (tertiary/aromatic N) is 2. The summed E-state index contributed by atoms with van der Waals surface area (Å²) in [6.07, 6.45) is 2.72. The molecule has 1 aliphatic rings. The number of amides is 1. The van der Waals surface area contributed by atoms with Crippen LogP contribution in [-0.2, 0) is 0 Å². The van der Waals surface area contributed by atoms with E-state index >= 15 is 0 Å². The van der Waals surface area contributed by atoms with E-state index in [9.17, 15) is 9.59 Å². The molecule has 2 aromatic rings. The van der Waals surface area contributed by atoms with Crippen molar-refractivity contribution >= 4 is 21.8 Å². The molecule has 3 heterocycles. The highest BCUT2D eigenvalue weighted by atomic mass is 79.9. The molecule has 1 fully saturated rings. The zero-order chi connectivity index (χ0) is 15.0. The summed E-state index contributed by atoms with van der Waals surface area (Å²) >= 11 is 3.24. The first kappa shape index (κ1) is 14.1. The van der Waals surface area contributed by atoms with E-state index in [4.69, 9.17) is 4.42 Å². The molecule has 1 aliphatic heterocycles. The fourth-order valence-electron chi connectivity index (χ4n) is 2.71. The predicted molar refractivity (Wildman–Crippen MR) is 78.0 cm³/mol. The number of hydrogen-bond acceptors (Lipinski definition) is 4. The van der Waals surface area contributed by atoms with Crippen molar-refractivity contribution in [3.8, 4) is 0 Å². The molecule has 112 valence electrons. The van der Waals surface area contributed by atoms with Crippen LogP contribution in [0.3, 0.4) is 0 Å². The van der Waals surface area contributed by atoms with Crippen LogP contribution in [-0.4, -0.2) is 32.5 Å². The van der Waals surface area contributed by atoms with Crippen molar-refractivity contribution < 1.29 is 9.21 Å². The Kier molecular flexibility index (Phi) is 3.71. The van der Waals surface area contributed by atoms with Crippen LogP contribution in [0.4, 0.5) is 0 Å². The van der Waals surface area contributed by atoms with Crippen molar-refractivity contribution in [3.63, 3.8) is 0 Å². The number of likely N-dealkylation sites (tertiary alicyclic amines) is 1. The first-order valence-electron chi connectivity index (χ1n) is 6.77. The molecule has 1 unspecified atom stereocenters. The number of carbonyl (C=O) groups is 1. The number of halogens is 1. The van der Waals surface area contributed by atoms with Crippen molar-refractivity contribution in [3.05, 3.63) is 38.4 Å². The third-order valence-electron chi connectivity index (χ3n) is 3.72. The van der Waals surface area contributed by atoms with Crippen LogP contribution in [0.2, 0.25) is 0 Å². The molecule has 0 aliphatic carbocycles. The standard InChI is InChI=1S/C13H15BrN4O3/c1-7-8(6-10(14)21-7)12(19)18-5-3-2-4-9(18)11-15-13(20)17-16-11/h6,9H,2-5H2,1H3,(H2,15,16,17,20). The zero-order valence-electron chi connectivity index (χ0n) is 11.5. The minimum absolute atomic E-state index is 0.101. The van der Waals surface area contributed by atoms with Crippen LogP contribution in [0.1, 0.15) is 47.2 Å². The number of aromatic amines is 2. The topological polar surface area (TPSA) is 95.0 Å². The molecule has 0 bridgehead atoms. The van der Waals surface area contributed by atoms with Crippen LogP contribution in [0.5, 0.6) is 0 Å². The maximum atomic E-state index is 12.7. The monoisotopic (exact) mass is 354 g/mol. The summed E-state index contributed by atoms with van der Waals surface area (Å²) in [6, 6.07) is 1.47. The number of piperidine rings is 1. The van der Waals surface area contributed by atoms with Gasteiger partial charge in [0.1, 0.15) is 5.76 Å². The number of rotatable bonds is 2. The molecule has 3 rings (SSSR count). The smallest absolute Gasteiger partial charge is 0.340 e. The minimum atomic E-state index is -0.356. The van der Waals surface area contributed by atoms with Gasteiger partial charge in [0, 0.05) is 12.6 Å². The van der Waals surface area contributed by atoms with Gasteiger partial charge >= 0.3 is 5.69 Å². The third kappa shape index (κ3) is 2.67. The average molecular weight is 355 g/mol. The zero-order valence-corrected chi connectivity index (χ0v) is 13.1. The van der Waals surface area contributed by atoms with Crippen LogP contribution in [0, 0.1) is 6.92 Å². The number of furan rings is 1. The lowest BCUT2D eigenvalue weighted by Crippen LogP contribution is -2.39. The van der Waals surface area contributed by atoms with E-state index < -0.39 is 0 Å². The van der Waals surface area contributed by atoms with Crippen LogP contribution < -0.4 is 5.69 Å². The van der Waals surface area contributed by atoms with Crippen molar-refractivity contribution in [1.29, 1.82) is 0 Å². The van der Waals surface area contributed by atoms with E-state index in [-0.39, 0.29) is 17.6 Å². The van der Waals surface area contributed by atoms with Gasteiger partial charge in [-0.2, -0.15) is 5.10 Å². The lowest BCUT2D eigenvalue weighted by atomic mass is 10.0. The van der Waals surface area contributed by atoms with Gasteiger partial charge in [-0.1, -0.05) is 0 Å². The lowest BCUT2D eigenvalue weighted by Gasteiger charge is -2.34. The van der Waals surface area contributed by atoms with Crippen molar-refractivity contribution in [2.75, 3.05) is 6.54 Å². The van der Waals surface area contributed by atoms with Gasteiger partial charge in [-0.15, -0.1) is 0 Å². The number of H-pyrrole nitrogens is 2. The second-order valence-electron chi connectivity index (χ2n) is 5.09. The quantitative estimate of drug-likeness (QED) is 0.863. The molecule has 0 aromatic carbocycles. The van der Waals surface area contributed by atoms with Crippen molar-refractivity contribution in [2.45, 2.75) is 32.2 Å². The number of carbonyl (C=O) groups excluding carboxylic acids is 1. The van der Waals surface area contributed by atoms with Gasteiger partial charge in [0.05, 0.1) is 11.6 Å². The molecule has 1 saturated heterocycles. The Balaban J connectivity index is 1.92. The molecular formula is C13H15BrN4O3. The van der Waals surface area contributed by atoms with E-state index in [2.05, 4.69) is 31.1 Å². The Bertz CT molecular complexity index is 717. The van der Waals surface area contributed by atoms with Crippen LogP contribution in [0.25, 0.3) is 0 Å². The lowest BCUT2D eigenvalue weighted by molar-refractivity contribution is 0.0598. The highest BCUT2D eigenvalue weighted by Gasteiger charge is 2.32. The minimum Gasteiger partial charge on any atom is -0.454 e. The SMILES string of the molecule is Cc1oc(Br)cc1C(=O)N1CCCCC1c1n[nH]c(=O)[nH]1. The van der Waals surface area contributed by atoms with Gasteiger partial charge in [0.2, 0.25) is 0 Å². The average Bonchev–Trinajstić information content (AvgIpc) is 3.04. The number of hydrogen-bond donors (Lipinski definition) is 2. The van der Waals surface area contributed by atoms with Gasteiger partial charge in [-0.25, -0.2) is 9.89 Å². The molecule has 1 amide bonds. The van der Waals surface area contributed by atoms with E-state index in [0.29, 0.717) is 28.4 Å². The molecule has 0 saturated carbocycles. The Labute approximate surface area is 128 Å². The fourth-order valence-corrected chi connectivity index (χ4v) is 3.18. The fraction of sp³-hybridized carbons (Fsp3) is 0.462. The van der Waals surface area contributed by atoms with Gasteiger partial charge in [-0.3, -0.25) is 9.78 Å². The van der Waals surface area contributed by atoms with Gasteiger partial charge in [-0.05, 0) is 42.1 Å². The van der Waals surface area contributed by atoms with Gasteiger partial charge < -0.3 is 9.32 Å². The summed E-state index contributed by atoms with van der Waals surface area (Å²) in [7, 11) is 0. The summed E-state index contributed by atoms with van der Waals surface area (Å²) in [5.41, 5.74) is 0.178. The van der Waals surface area contributed by atoms with E-state index in [0.717, 1.165) is 19.3 Å². The molecule has 2 N–H and O–H groups in total. The van der Waals surface area contributed by atoms with Crippen molar-refractivity contribution in [1.82, 2.24) is 20.1 Å². The summed E-state index contributed by atoms with van der Waals surface area (Å²) in [6.45, 7) is 2.40. The summed E-state index contributed by atoms with van der Waals surface area (Å²) in [5.74, 6) is 0.982. The third-order valence-corrected chi connectivity index (χ3v) is 4.11. The Morgan fingerprint density at radius 3 is 2.95 bits per heavy atom. The molecule has 2 aromatic heterocycles. The second kappa shape index (κ2) is 5.51. The second-order valence-corrected chi connectivity index (χ2v) is 5.88. The normalized spacial score (nSPS) is 19.0. The first-order chi connectivity index (χ1) is 10.1. The molecule has 1 atom stereocenters. The van der Waals surface area contributed by atoms with Crippen molar-refractivity contribution in [2.24, 2.45) is 0 Å². The number of aromatic nitrogens is 3. The summed E-state index contributed by atoms with van der Waals surface area (Å²) in [4.78, 5) is 28.4. The van der Waals surface area contributed by atoms with Crippen LogP contribution in [0.15, 0.2) is 19.9 Å². The van der Waals surface area contributed by atoms with Gasteiger partial charge in [0.15, 0.2) is 10.5 Å². The maximum Gasteiger partial charge on any atom is 0.340 e. The largest absolute Gasteiger partial charge is 0.454 e. The predicted octanol–water partition coefficient (Wildman–Crippen LogP) is 2.13. The number of aryl methyl sites for hydroxylation is 1. The highest BCUT2D eigenvalue weighted by Crippen LogP contribution is 2.31. The molecule has 7 nitrogen and oxygen atoms in total. The Morgan fingerprint density at radius 1 is 1.52 bits per heavy atom. The maximum absolute atomic E-state index is 12.7. The van der Waals surface area contributed by atoms with Gasteiger partial charge in [0.25, 0.3) is 5.91 Å². The Hall–Kier alpha value is -1.83. The Morgan fingerprint density at radius 2 is 2.33 bits per heavy atom. The molecule has 0 spiro atoms. The molecule has 21 heavy (non-hydrogen) atoms. The van der Waals surface area contributed by atoms with E-state index in [1.54, 1.807) is 17.9 Å². The molecule has 0 radical (unpaired) electrons. The molecular weight excluding hydrogens is 340 g/mol. The number of nitrogens with one attached hydrogen (secondary N) is 2. The van der Waals surface area contributed by atoms with E-state index in [1.165, 1.54) is 0 Å². The summed E-state index contributed by atoms with van der Waals surface area (Å²) in [5, 5.41) is 6.33. The highest BCUT2D eigenvalue weighted by molar-refractivity contribution is 9.10. The molecule has 8 heteroatoms. The van der Waals surface area contributed by atoms with E-state index in [1.807, 2.05) is 0 Å². The first-order valence-corrected chi connectivity index (χ1v) is 7.57. The van der Waals surface area contributed by atoms with Crippen LogP contribution >= 0.6 is 15.9 Å².